The number of hydrogen-bond donors (Lipinski definition) is 0. The number of nitrogens with zero attached hydrogens (tertiary/aromatic N) is 5. The Hall–Kier alpha value is -3.22. The molecule has 23 heavy (non-hydrogen) atoms. The summed E-state index contributed by atoms with van der Waals surface area (Å²) in [4.78, 5) is 20.9. The Morgan fingerprint density at radius 2 is 1.96 bits per heavy atom. The maximum atomic E-state index is 12.4. The zero-order valence-corrected chi connectivity index (χ0v) is 12.4. The summed E-state index contributed by atoms with van der Waals surface area (Å²) in [6, 6.07) is 9.69. The monoisotopic (exact) mass is 307 g/mol. The van der Waals surface area contributed by atoms with Crippen molar-refractivity contribution in [1.29, 1.82) is 0 Å². The third kappa shape index (κ3) is 2.32. The molecule has 3 heterocycles. The first kappa shape index (κ1) is 13.4. The third-order valence-electron chi connectivity index (χ3n) is 3.64. The molecule has 7 nitrogen and oxygen atoms in total. The highest BCUT2D eigenvalue weighted by molar-refractivity contribution is 5.72. The van der Waals surface area contributed by atoms with Gasteiger partial charge in [0.1, 0.15) is 18.3 Å². The van der Waals surface area contributed by atoms with Gasteiger partial charge in [0, 0.05) is 12.6 Å². The van der Waals surface area contributed by atoms with Crippen LogP contribution in [-0.4, -0.2) is 24.3 Å². The van der Waals surface area contributed by atoms with Gasteiger partial charge < -0.3 is 4.42 Å². The molecule has 0 aliphatic rings. The number of oxazole rings is 1. The molecular weight excluding hydrogens is 294 g/mol. The van der Waals surface area contributed by atoms with Crippen molar-refractivity contribution in [2.75, 3.05) is 0 Å². The van der Waals surface area contributed by atoms with Crippen LogP contribution in [0.4, 0.5) is 0 Å². The average molecular weight is 307 g/mol. The Kier molecular flexibility index (Phi) is 3.04. The molecule has 4 rings (SSSR count). The van der Waals surface area contributed by atoms with Gasteiger partial charge in [-0.1, -0.05) is 30.3 Å². The smallest absolute Gasteiger partial charge is 0.264 e. The maximum absolute atomic E-state index is 12.4. The molecular formula is C16H13N5O2. The summed E-state index contributed by atoms with van der Waals surface area (Å²) in [7, 11) is 1.75. The molecule has 114 valence electrons. The van der Waals surface area contributed by atoms with E-state index < -0.39 is 0 Å². The summed E-state index contributed by atoms with van der Waals surface area (Å²) in [6.45, 7) is 0.226. The number of aromatic nitrogens is 5. The predicted octanol–water partition coefficient (Wildman–Crippen LogP) is 1.83. The van der Waals surface area contributed by atoms with Crippen molar-refractivity contribution in [2.24, 2.45) is 7.05 Å². The van der Waals surface area contributed by atoms with Gasteiger partial charge in [-0.25, -0.2) is 9.97 Å². The molecule has 7 heteroatoms. The lowest BCUT2D eigenvalue weighted by molar-refractivity contribution is 0.484. The molecule has 1 aromatic carbocycles. The first-order valence-corrected chi connectivity index (χ1v) is 7.09. The summed E-state index contributed by atoms with van der Waals surface area (Å²) in [5.41, 5.74) is 1.34. The van der Waals surface area contributed by atoms with Gasteiger partial charge >= 0.3 is 0 Å². The second kappa shape index (κ2) is 5.20. The highest BCUT2D eigenvalue weighted by Crippen LogP contribution is 2.19. The van der Waals surface area contributed by atoms with Gasteiger partial charge in [-0.2, -0.15) is 5.10 Å². The van der Waals surface area contributed by atoms with Crippen LogP contribution >= 0.6 is 0 Å². The van der Waals surface area contributed by atoms with Gasteiger partial charge in [-0.3, -0.25) is 14.0 Å². The first-order valence-electron chi connectivity index (χ1n) is 7.09. The van der Waals surface area contributed by atoms with E-state index in [1.54, 1.807) is 17.9 Å². The molecule has 4 aromatic rings. The maximum Gasteiger partial charge on any atom is 0.264 e. The summed E-state index contributed by atoms with van der Waals surface area (Å²) < 4.78 is 8.76. The van der Waals surface area contributed by atoms with Gasteiger partial charge in [0.25, 0.3) is 5.56 Å². The minimum Gasteiger partial charge on any atom is -0.439 e. The van der Waals surface area contributed by atoms with Crippen molar-refractivity contribution in [3.63, 3.8) is 0 Å². The predicted molar refractivity (Wildman–Crippen MR) is 83.8 cm³/mol. The first-order chi connectivity index (χ1) is 11.2. The van der Waals surface area contributed by atoms with E-state index in [-0.39, 0.29) is 12.1 Å². The van der Waals surface area contributed by atoms with Crippen molar-refractivity contribution in [2.45, 2.75) is 6.54 Å². The molecule has 0 saturated heterocycles. The Morgan fingerprint density at radius 1 is 1.13 bits per heavy atom. The Morgan fingerprint density at radius 3 is 2.78 bits per heavy atom. The van der Waals surface area contributed by atoms with Crippen LogP contribution in [0.5, 0.6) is 0 Å². The standard InChI is InChI=1S/C16H13N5O2/c1-20-15-12(7-19-20)16(22)21(10-18-15)9-14-17-8-13(23-14)11-5-3-2-4-6-11/h2-8,10H,9H2,1H3. The number of aryl methyl sites for hydroxylation is 1. The molecule has 0 aliphatic heterocycles. The normalized spacial score (nSPS) is 11.2. The van der Waals surface area contributed by atoms with Crippen LogP contribution in [0, 0.1) is 0 Å². The van der Waals surface area contributed by atoms with Crippen LogP contribution in [0.2, 0.25) is 0 Å². The summed E-state index contributed by atoms with van der Waals surface area (Å²) >= 11 is 0. The van der Waals surface area contributed by atoms with Gasteiger partial charge in [-0.05, 0) is 0 Å². The number of hydrogen-bond acceptors (Lipinski definition) is 5. The Balaban J connectivity index is 1.68. The second-order valence-corrected chi connectivity index (χ2v) is 5.17. The molecule has 0 amide bonds. The molecule has 0 saturated carbocycles. The van der Waals surface area contributed by atoms with Crippen LogP contribution < -0.4 is 5.56 Å². The van der Waals surface area contributed by atoms with E-state index in [0.29, 0.717) is 22.7 Å². The molecule has 0 radical (unpaired) electrons. The van der Waals surface area contributed by atoms with Gasteiger partial charge in [0.15, 0.2) is 11.4 Å². The highest BCUT2D eigenvalue weighted by Gasteiger charge is 2.11. The van der Waals surface area contributed by atoms with E-state index in [1.807, 2.05) is 30.3 Å². The largest absolute Gasteiger partial charge is 0.439 e. The lowest BCUT2D eigenvalue weighted by atomic mass is 10.2. The summed E-state index contributed by atoms with van der Waals surface area (Å²) in [6.07, 6.45) is 4.66. The molecule has 0 fully saturated rings. The van der Waals surface area contributed by atoms with E-state index >= 15 is 0 Å². The molecule has 0 bridgehead atoms. The summed E-state index contributed by atoms with van der Waals surface area (Å²) in [5, 5.41) is 4.53. The molecule has 3 aromatic heterocycles. The van der Waals surface area contributed by atoms with Crippen LogP contribution in [-0.2, 0) is 13.6 Å². The van der Waals surface area contributed by atoms with Gasteiger partial charge in [0.05, 0.1) is 12.4 Å². The Labute approximate surface area is 130 Å². The van der Waals surface area contributed by atoms with Crippen molar-refractivity contribution in [1.82, 2.24) is 24.3 Å². The van der Waals surface area contributed by atoms with Crippen LogP contribution in [0.25, 0.3) is 22.4 Å². The van der Waals surface area contributed by atoms with E-state index in [2.05, 4.69) is 15.1 Å². The summed E-state index contributed by atoms with van der Waals surface area (Å²) in [5.74, 6) is 1.13. The third-order valence-corrected chi connectivity index (χ3v) is 3.64. The topological polar surface area (TPSA) is 78.7 Å². The van der Waals surface area contributed by atoms with Crippen molar-refractivity contribution >= 4 is 11.0 Å². The van der Waals surface area contributed by atoms with Crippen molar-refractivity contribution in [3.8, 4) is 11.3 Å². The number of fused-ring (bicyclic) bond motifs is 1. The molecule has 0 spiro atoms. The minimum absolute atomic E-state index is 0.164. The van der Waals surface area contributed by atoms with E-state index in [1.165, 1.54) is 17.1 Å². The highest BCUT2D eigenvalue weighted by atomic mass is 16.4. The van der Waals surface area contributed by atoms with Crippen LogP contribution in [0.15, 0.2) is 58.3 Å². The quantitative estimate of drug-likeness (QED) is 0.577. The van der Waals surface area contributed by atoms with E-state index in [0.717, 1.165) is 5.56 Å². The van der Waals surface area contributed by atoms with Crippen molar-refractivity contribution in [3.05, 3.63) is 65.3 Å². The lowest BCUT2D eigenvalue weighted by Crippen LogP contribution is -2.21. The minimum atomic E-state index is -0.164. The van der Waals surface area contributed by atoms with Crippen molar-refractivity contribution < 1.29 is 4.42 Å². The molecule has 0 atom stereocenters. The molecule has 0 unspecified atom stereocenters. The SMILES string of the molecule is Cn1ncc2c(=O)n(Cc3ncc(-c4ccccc4)o3)cnc21. The van der Waals surface area contributed by atoms with Gasteiger partial charge in [0.2, 0.25) is 5.89 Å². The molecule has 0 N–H and O–H groups in total. The zero-order chi connectivity index (χ0) is 15.8. The van der Waals surface area contributed by atoms with E-state index in [9.17, 15) is 4.79 Å². The second-order valence-electron chi connectivity index (χ2n) is 5.17. The number of rotatable bonds is 3. The lowest BCUT2D eigenvalue weighted by Gasteiger charge is -2.02. The van der Waals surface area contributed by atoms with E-state index in [4.69, 9.17) is 4.42 Å². The fourth-order valence-electron chi connectivity index (χ4n) is 2.44. The average Bonchev–Trinajstić information content (AvgIpc) is 3.19. The fraction of sp³-hybridized carbons (Fsp3) is 0.125. The van der Waals surface area contributed by atoms with Crippen LogP contribution in [0.3, 0.4) is 0 Å². The fourth-order valence-corrected chi connectivity index (χ4v) is 2.44. The zero-order valence-electron chi connectivity index (χ0n) is 12.4. The number of benzene rings is 1. The Bertz CT molecular complexity index is 1030. The van der Waals surface area contributed by atoms with Crippen LogP contribution in [0.1, 0.15) is 5.89 Å². The van der Waals surface area contributed by atoms with Gasteiger partial charge in [-0.15, -0.1) is 0 Å². The molecule has 0 aliphatic carbocycles.